The largest absolute Gasteiger partial charge is 0.507 e. The zero-order chi connectivity index (χ0) is 16.0. The van der Waals surface area contributed by atoms with Gasteiger partial charge in [0.2, 0.25) is 0 Å². The first-order valence-corrected chi connectivity index (χ1v) is 7.30. The number of aromatic nitrogens is 2. The molecule has 0 aliphatic heterocycles. The Morgan fingerprint density at radius 1 is 1.09 bits per heavy atom. The summed E-state index contributed by atoms with van der Waals surface area (Å²) in [6.07, 6.45) is 0. The number of hydrogen-bond donors (Lipinski definition) is 2. The van der Waals surface area contributed by atoms with Gasteiger partial charge in [0, 0.05) is 5.39 Å². The minimum Gasteiger partial charge on any atom is -0.507 e. The number of aromatic hydroxyl groups is 1. The quantitative estimate of drug-likeness (QED) is 0.317. The molecule has 0 aliphatic rings. The van der Waals surface area contributed by atoms with Crippen LogP contribution in [0.2, 0.25) is 0 Å². The minimum atomic E-state index is -0.531. The van der Waals surface area contributed by atoms with Crippen LogP contribution < -0.4 is 5.63 Å². The minimum absolute atomic E-state index is 0.0808. The van der Waals surface area contributed by atoms with Crippen LogP contribution in [0.25, 0.3) is 33.3 Å². The lowest BCUT2D eigenvalue weighted by Gasteiger charge is -2.07. The number of aromatic amines is 1. The Balaban J connectivity index is 2.19. The summed E-state index contributed by atoms with van der Waals surface area (Å²) < 4.78 is 5.43. The first-order valence-electron chi connectivity index (χ1n) is 6.89. The number of H-pyrrole nitrogens is 1. The van der Waals surface area contributed by atoms with E-state index in [0.29, 0.717) is 22.5 Å². The molecule has 0 unspecified atom stereocenters. The molecule has 0 saturated heterocycles. The average molecular weight is 322 g/mol. The molecule has 0 atom stereocenters. The lowest BCUT2D eigenvalue weighted by atomic mass is 10.1. The Kier molecular flexibility index (Phi) is 2.99. The molecule has 0 fully saturated rings. The maximum absolute atomic E-state index is 12.2. The third-order valence-electron chi connectivity index (χ3n) is 3.64. The van der Waals surface area contributed by atoms with Crippen molar-refractivity contribution in [2.24, 2.45) is 0 Å². The van der Waals surface area contributed by atoms with E-state index in [1.807, 2.05) is 12.1 Å². The molecule has 2 N–H and O–H groups in total. The van der Waals surface area contributed by atoms with Gasteiger partial charge in [0.05, 0.1) is 11.1 Å². The predicted octanol–water partition coefficient (Wildman–Crippen LogP) is 3.77. The highest BCUT2D eigenvalue weighted by Gasteiger charge is 2.13. The van der Waals surface area contributed by atoms with E-state index in [2.05, 4.69) is 9.97 Å². The first-order chi connectivity index (χ1) is 11.1. The number of phenolic OH excluding ortho intramolecular Hbond substituents is 1. The molecule has 2 heterocycles. The van der Waals surface area contributed by atoms with Crippen LogP contribution in [0.15, 0.2) is 57.7 Å². The van der Waals surface area contributed by atoms with Crippen LogP contribution in [0.3, 0.4) is 0 Å². The van der Waals surface area contributed by atoms with E-state index in [-0.39, 0.29) is 15.8 Å². The predicted molar refractivity (Wildman–Crippen MR) is 90.1 cm³/mol. The normalized spacial score (nSPS) is 11.1. The van der Waals surface area contributed by atoms with Crippen molar-refractivity contribution in [3.05, 3.63) is 63.6 Å². The van der Waals surface area contributed by atoms with Crippen LogP contribution in [0, 0.1) is 4.64 Å². The fourth-order valence-corrected chi connectivity index (χ4v) is 2.86. The molecule has 0 bridgehead atoms. The highest BCUT2D eigenvalue weighted by atomic mass is 32.1. The molecule has 2 aromatic heterocycles. The van der Waals surface area contributed by atoms with Gasteiger partial charge in [-0.25, -0.2) is 9.78 Å². The lowest BCUT2D eigenvalue weighted by molar-refractivity contribution is 0.477. The Morgan fingerprint density at radius 2 is 1.83 bits per heavy atom. The van der Waals surface area contributed by atoms with E-state index >= 15 is 0 Å². The van der Waals surface area contributed by atoms with Crippen LogP contribution in [-0.2, 0) is 0 Å². The molecule has 4 aromatic rings. The number of rotatable bonds is 1. The molecule has 23 heavy (non-hydrogen) atoms. The second kappa shape index (κ2) is 5.03. The third-order valence-corrected chi connectivity index (χ3v) is 3.94. The van der Waals surface area contributed by atoms with Gasteiger partial charge in [0.15, 0.2) is 0 Å². The second-order valence-electron chi connectivity index (χ2n) is 5.04. The number of nitrogens with zero attached hydrogens (tertiary/aromatic N) is 1. The van der Waals surface area contributed by atoms with Gasteiger partial charge in [-0.3, -0.25) is 0 Å². The average Bonchev–Trinajstić information content (AvgIpc) is 2.55. The maximum Gasteiger partial charge on any atom is 0.348 e. The molecule has 4 rings (SSSR count). The summed E-state index contributed by atoms with van der Waals surface area (Å²) in [5.41, 5.74) is 0.995. The molecule has 0 aliphatic carbocycles. The van der Waals surface area contributed by atoms with Crippen molar-refractivity contribution in [1.29, 1.82) is 0 Å². The highest BCUT2D eigenvalue weighted by molar-refractivity contribution is 7.71. The van der Waals surface area contributed by atoms with Crippen LogP contribution in [-0.4, -0.2) is 15.1 Å². The van der Waals surface area contributed by atoms with Crippen molar-refractivity contribution in [1.82, 2.24) is 9.97 Å². The van der Waals surface area contributed by atoms with Crippen molar-refractivity contribution < 1.29 is 9.52 Å². The number of fused-ring (bicyclic) bond motifs is 3. The van der Waals surface area contributed by atoms with E-state index in [0.717, 1.165) is 5.39 Å². The molecule has 6 heteroatoms. The van der Waals surface area contributed by atoms with Crippen molar-refractivity contribution in [3.63, 3.8) is 0 Å². The van der Waals surface area contributed by atoms with Gasteiger partial charge in [0.1, 0.15) is 27.2 Å². The SMILES string of the molecule is O=c1oc2ccccc2c2[nH]c(-c3ccccc3O)nc(=S)c12. The number of hydrogen-bond acceptors (Lipinski definition) is 5. The van der Waals surface area contributed by atoms with Gasteiger partial charge in [-0.15, -0.1) is 0 Å². The van der Waals surface area contributed by atoms with Crippen LogP contribution in [0.1, 0.15) is 0 Å². The van der Waals surface area contributed by atoms with E-state index in [4.69, 9.17) is 16.6 Å². The zero-order valence-corrected chi connectivity index (χ0v) is 12.6. The molecule has 112 valence electrons. The molecule has 5 nitrogen and oxygen atoms in total. The first kappa shape index (κ1) is 13.7. The van der Waals surface area contributed by atoms with E-state index in [1.54, 1.807) is 36.4 Å². The lowest BCUT2D eigenvalue weighted by Crippen LogP contribution is -2.04. The van der Waals surface area contributed by atoms with Gasteiger partial charge in [-0.05, 0) is 24.3 Å². The number of nitrogens with one attached hydrogen (secondary N) is 1. The summed E-state index contributed by atoms with van der Waals surface area (Å²) in [6.45, 7) is 0. The van der Waals surface area contributed by atoms with Crippen molar-refractivity contribution in [2.45, 2.75) is 0 Å². The molecule has 0 spiro atoms. The van der Waals surface area contributed by atoms with Crippen molar-refractivity contribution >= 4 is 34.1 Å². The number of benzene rings is 2. The molecular formula is C17H10N2O3S. The summed E-state index contributed by atoms with van der Waals surface area (Å²) in [7, 11) is 0. The Hall–Kier alpha value is -2.99. The topological polar surface area (TPSA) is 79.1 Å². The fourth-order valence-electron chi connectivity index (χ4n) is 2.58. The second-order valence-corrected chi connectivity index (χ2v) is 5.43. The summed E-state index contributed by atoms with van der Waals surface area (Å²) >= 11 is 5.26. The standard InChI is InChI=1S/C17H10N2O3S/c20-11-7-3-1-5-9(11)15-18-14-10-6-2-4-8-12(10)22-17(21)13(14)16(23)19-15/h1-8,20H,(H,18,19,23). The van der Waals surface area contributed by atoms with Gasteiger partial charge in [-0.1, -0.05) is 36.5 Å². The van der Waals surface area contributed by atoms with Gasteiger partial charge < -0.3 is 14.5 Å². The third kappa shape index (κ3) is 2.11. The van der Waals surface area contributed by atoms with Gasteiger partial charge in [0.25, 0.3) is 0 Å². The fraction of sp³-hybridized carbons (Fsp3) is 0. The zero-order valence-electron chi connectivity index (χ0n) is 11.7. The van der Waals surface area contributed by atoms with E-state index in [1.165, 1.54) is 0 Å². The summed E-state index contributed by atoms with van der Waals surface area (Å²) in [6, 6.07) is 14.0. The van der Waals surface area contributed by atoms with Crippen molar-refractivity contribution in [3.8, 4) is 17.1 Å². The van der Waals surface area contributed by atoms with E-state index in [9.17, 15) is 9.90 Å². The summed E-state index contributed by atoms with van der Waals surface area (Å²) in [4.78, 5) is 19.5. The molecule has 0 amide bonds. The molecular weight excluding hydrogens is 312 g/mol. The highest BCUT2D eigenvalue weighted by Crippen LogP contribution is 2.28. The molecule has 0 radical (unpaired) electrons. The number of phenols is 1. The summed E-state index contributed by atoms with van der Waals surface area (Å²) in [5.74, 6) is 0.480. The Bertz CT molecular complexity index is 1180. The van der Waals surface area contributed by atoms with Gasteiger partial charge >= 0.3 is 5.63 Å². The Labute approximate surface area is 134 Å². The van der Waals surface area contributed by atoms with Gasteiger partial charge in [-0.2, -0.15) is 0 Å². The van der Waals surface area contributed by atoms with Crippen LogP contribution in [0.5, 0.6) is 5.75 Å². The number of para-hydroxylation sites is 2. The maximum atomic E-state index is 12.2. The van der Waals surface area contributed by atoms with Crippen molar-refractivity contribution in [2.75, 3.05) is 0 Å². The van der Waals surface area contributed by atoms with Crippen LogP contribution >= 0.6 is 12.2 Å². The molecule has 2 aromatic carbocycles. The van der Waals surface area contributed by atoms with Crippen LogP contribution in [0.4, 0.5) is 0 Å². The smallest absolute Gasteiger partial charge is 0.348 e. The Morgan fingerprint density at radius 3 is 2.65 bits per heavy atom. The monoisotopic (exact) mass is 322 g/mol. The molecule has 0 saturated carbocycles. The van der Waals surface area contributed by atoms with E-state index < -0.39 is 5.63 Å². The summed E-state index contributed by atoms with van der Waals surface area (Å²) in [5, 5.41) is 11.0.